The fourth-order valence-corrected chi connectivity index (χ4v) is 1.56. The van der Waals surface area contributed by atoms with Crippen LogP contribution in [0.25, 0.3) is 0 Å². The van der Waals surface area contributed by atoms with Gasteiger partial charge in [-0.05, 0) is 37.0 Å². The summed E-state index contributed by atoms with van der Waals surface area (Å²) in [6.45, 7) is 8.48. The molecule has 0 N–H and O–H groups in total. The molecule has 0 nitrogen and oxygen atoms in total. The monoisotopic (exact) mass is 138 g/mol. The molecule has 0 heterocycles. The molecule has 10 heavy (non-hydrogen) atoms. The normalized spacial score (nSPS) is 23.8. The van der Waals surface area contributed by atoms with Crippen molar-refractivity contribution in [2.24, 2.45) is 17.8 Å². The minimum atomic E-state index is 0.852. The molecule has 1 rings (SSSR count). The highest BCUT2D eigenvalue weighted by atomic mass is 14.4. The van der Waals surface area contributed by atoms with Crippen LogP contribution in [0.5, 0.6) is 0 Å². The largest absolute Gasteiger partial charge is 0.103 e. The number of rotatable bonds is 4. The zero-order valence-corrected chi connectivity index (χ0v) is 7.14. The van der Waals surface area contributed by atoms with Crippen LogP contribution in [0.4, 0.5) is 0 Å². The van der Waals surface area contributed by atoms with Gasteiger partial charge in [-0.1, -0.05) is 19.9 Å². The Kier molecular flexibility index (Phi) is 2.53. The SMILES string of the molecule is C=CCC(C)C(C)C1CC1. The first-order valence-electron chi connectivity index (χ1n) is 4.36. The third-order valence-electron chi connectivity index (χ3n) is 2.80. The topological polar surface area (TPSA) is 0 Å². The first-order chi connectivity index (χ1) is 4.75. The third kappa shape index (κ3) is 1.86. The second kappa shape index (κ2) is 3.23. The lowest BCUT2D eigenvalue weighted by Gasteiger charge is -2.16. The van der Waals surface area contributed by atoms with Gasteiger partial charge in [0.05, 0.1) is 0 Å². The minimum Gasteiger partial charge on any atom is -0.103 e. The predicted molar refractivity (Wildman–Crippen MR) is 45.9 cm³/mol. The highest BCUT2D eigenvalue weighted by Crippen LogP contribution is 2.40. The van der Waals surface area contributed by atoms with Crippen molar-refractivity contribution in [1.82, 2.24) is 0 Å². The van der Waals surface area contributed by atoms with E-state index in [4.69, 9.17) is 0 Å². The molecule has 0 saturated heterocycles. The summed E-state index contributed by atoms with van der Waals surface area (Å²) in [7, 11) is 0. The van der Waals surface area contributed by atoms with Gasteiger partial charge in [-0.2, -0.15) is 0 Å². The van der Waals surface area contributed by atoms with Crippen LogP contribution >= 0.6 is 0 Å². The molecule has 0 spiro atoms. The molecule has 1 fully saturated rings. The van der Waals surface area contributed by atoms with Gasteiger partial charge in [0.25, 0.3) is 0 Å². The third-order valence-corrected chi connectivity index (χ3v) is 2.80. The first kappa shape index (κ1) is 7.84. The van der Waals surface area contributed by atoms with Gasteiger partial charge < -0.3 is 0 Å². The summed E-state index contributed by atoms with van der Waals surface area (Å²) >= 11 is 0. The van der Waals surface area contributed by atoms with Crippen LogP contribution < -0.4 is 0 Å². The second-order valence-corrected chi connectivity index (χ2v) is 3.70. The maximum Gasteiger partial charge on any atom is -0.0325 e. The predicted octanol–water partition coefficient (Wildman–Crippen LogP) is 3.24. The lowest BCUT2D eigenvalue weighted by atomic mass is 9.89. The highest BCUT2D eigenvalue weighted by molar-refractivity contribution is 4.84. The van der Waals surface area contributed by atoms with Gasteiger partial charge in [0.2, 0.25) is 0 Å². The van der Waals surface area contributed by atoms with E-state index in [2.05, 4.69) is 20.4 Å². The lowest BCUT2D eigenvalue weighted by molar-refractivity contribution is 0.349. The molecule has 0 heteroatoms. The van der Waals surface area contributed by atoms with Crippen LogP contribution in [0.15, 0.2) is 12.7 Å². The average Bonchev–Trinajstić information content (AvgIpc) is 2.68. The Morgan fingerprint density at radius 1 is 1.50 bits per heavy atom. The lowest BCUT2D eigenvalue weighted by Crippen LogP contribution is -2.08. The van der Waals surface area contributed by atoms with Crippen LogP contribution in [0, 0.1) is 17.8 Å². The van der Waals surface area contributed by atoms with E-state index < -0.39 is 0 Å². The molecule has 0 amide bonds. The van der Waals surface area contributed by atoms with Crippen molar-refractivity contribution in [3.8, 4) is 0 Å². The summed E-state index contributed by atoms with van der Waals surface area (Å²) in [5, 5.41) is 0. The van der Waals surface area contributed by atoms with Gasteiger partial charge in [0.15, 0.2) is 0 Å². The van der Waals surface area contributed by atoms with Crippen molar-refractivity contribution in [3.05, 3.63) is 12.7 Å². The summed E-state index contributed by atoms with van der Waals surface area (Å²) in [6.07, 6.45) is 6.19. The molecule has 0 aromatic heterocycles. The molecule has 0 aromatic carbocycles. The van der Waals surface area contributed by atoms with E-state index in [1.54, 1.807) is 0 Å². The van der Waals surface area contributed by atoms with Crippen molar-refractivity contribution < 1.29 is 0 Å². The Hall–Kier alpha value is -0.260. The quantitative estimate of drug-likeness (QED) is 0.523. The second-order valence-electron chi connectivity index (χ2n) is 3.70. The van der Waals surface area contributed by atoms with E-state index in [0.717, 1.165) is 17.8 Å². The van der Waals surface area contributed by atoms with Gasteiger partial charge in [0, 0.05) is 0 Å². The van der Waals surface area contributed by atoms with Crippen LogP contribution in [-0.2, 0) is 0 Å². The summed E-state index contributed by atoms with van der Waals surface area (Å²) in [5.41, 5.74) is 0. The van der Waals surface area contributed by atoms with Gasteiger partial charge >= 0.3 is 0 Å². The first-order valence-corrected chi connectivity index (χ1v) is 4.36. The average molecular weight is 138 g/mol. The van der Waals surface area contributed by atoms with E-state index in [-0.39, 0.29) is 0 Å². The molecule has 1 saturated carbocycles. The maximum atomic E-state index is 3.76. The van der Waals surface area contributed by atoms with E-state index in [1.807, 2.05) is 6.08 Å². The minimum absolute atomic E-state index is 0.852. The smallest absolute Gasteiger partial charge is 0.0325 e. The Morgan fingerprint density at radius 2 is 2.10 bits per heavy atom. The molecule has 0 aromatic rings. The van der Waals surface area contributed by atoms with Gasteiger partial charge in [-0.15, -0.1) is 6.58 Å². The van der Waals surface area contributed by atoms with Crippen molar-refractivity contribution in [2.45, 2.75) is 33.1 Å². The number of hydrogen-bond donors (Lipinski definition) is 0. The summed E-state index contributed by atoms with van der Waals surface area (Å²) in [4.78, 5) is 0. The maximum absolute atomic E-state index is 3.76. The Balaban J connectivity index is 2.23. The van der Waals surface area contributed by atoms with Crippen molar-refractivity contribution in [1.29, 1.82) is 0 Å². The number of hydrogen-bond acceptors (Lipinski definition) is 0. The fourth-order valence-electron chi connectivity index (χ4n) is 1.56. The Bertz CT molecular complexity index is 111. The Labute approximate surface area is 64.3 Å². The van der Waals surface area contributed by atoms with E-state index >= 15 is 0 Å². The molecular formula is C10H18. The fraction of sp³-hybridized carbons (Fsp3) is 0.800. The molecule has 1 aliphatic rings. The highest BCUT2D eigenvalue weighted by Gasteiger charge is 2.30. The van der Waals surface area contributed by atoms with E-state index in [1.165, 1.54) is 19.3 Å². The van der Waals surface area contributed by atoms with Crippen molar-refractivity contribution in [2.75, 3.05) is 0 Å². The molecule has 1 aliphatic carbocycles. The zero-order chi connectivity index (χ0) is 7.56. The number of allylic oxidation sites excluding steroid dienone is 1. The standard InChI is InChI=1S/C10H18/c1-4-5-8(2)9(3)10-6-7-10/h4,8-10H,1,5-7H2,2-3H3. The van der Waals surface area contributed by atoms with Crippen LogP contribution in [0.2, 0.25) is 0 Å². The Morgan fingerprint density at radius 3 is 2.50 bits per heavy atom. The zero-order valence-electron chi connectivity index (χ0n) is 7.14. The molecule has 0 radical (unpaired) electrons. The molecule has 2 unspecified atom stereocenters. The van der Waals surface area contributed by atoms with Gasteiger partial charge in [-0.3, -0.25) is 0 Å². The van der Waals surface area contributed by atoms with Crippen LogP contribution in [0.3, 0.4) is 0 Å². The van der Waals surface area contributed by atoms with Gasteiger partial charge in [-0.25, -0.2) is 0 Å². The summed E-state index contributed by atoms with van der Waals surface area (Å²) in [6, 6.07) is 0. The molecule has 2 atom stereocenters. The summed E-state index contributed by atoms with van der Waals surface area (Å²) in [5.74, 6) is 2.83. The van der Waals surface area contributed by atoms with Crippen LogP contribution in [0.1, 0.15) is 33.1 Å². The summed E-state index contributed by atoms with van der Waals surface area (Å²) < 4.78 is 0. The molecule has 58 valence electrons. The van der Waals surface area contributed by atoms with Crippen LogP contribution in [-0.4, -0.2) is 0 Å². The molecule has 0 aliphatic heterocycles. The van der Waals surface area contributed by atoms with Crippen molar-refractivity contribution >= 4 is 0 Å². The molecular weight excluding hydrogens is 120 g/mol. The van der Waals surface area contributed by atoms with E-state index in [0.29, 0.717) is 0 Å². The molecule has 0 bridgehead atoms. The van der Waals surface area contributed by atoms with E-state index in [9.17, 15) is 0 Å². The van der Waals surface area contributed by atoms with Gasteiger partial charge in [0.1, 0.15) is 0 Å². The van der Waals surface area contributed by atoms with Crippen molar-refractivity contribution in [3.63, 3.8) is 0 Å².